The molecule has 0 saturated heterocycles. The maximum absolute atomic E-state index is 13.3. The molecule has 0 radical (unpaired) electrons. The van der Waals surface area contributed by atoms with E-state index >= 15 is 0 Å². The van der Waals surface area contributed by atoms with E-state index in [1.807, 2.05) is 30.7 Å². The maximum Gasteiger partial charge on any atom is 0.239 e. The van der Waals surface area contributed by atoms with Crippen LogP contribution in [0.3, 0.4) is 0 Å². The first-order valence-electron chi connectivity index (χ1n) is 6.52. The second-order valence-electron chi connectivity index (χ2n) is 5.20. The predicted octanol–water partition coefficient (Wildman–Crippen LogP) is 1.61. The summed E-state index contributed by atoms with van der Waals surface area (Å²) in [5.41, 5.74) is 1.75. The van der Waals surface area contributed by atoms with Crippen LogP contribution in [0.15, 0.2) is 18.2 Å². The zero-order valence-corrected chi connectivity index (χ0v) is 11.6. The number of carbonyl (C=O) groups is 1. The predicted molar refractivity (Wildman–Crippen MR) is 75.2 cm³/mol. The van der Waals surface area contributed by atoms with Crippen molar-refractivity contribution < 1.29 is 9.18 Å². The molecule has 0 unspecified atom stereocenters. The van der Waals surface area contributed by atoms with Crippen LogP contribution < -0.4 is 15.1 Å². The highest BCUT2D eigenvalue weighted by Gasteiger charge is 2.22. The number of rotatable bonds is 3. The minimum atomic E-state index is -0.251. The van der Waals surface area contributed by atoms with E-state index in [4.69, 9.17) is 0 Å². The lowest BCUT2D eigenvalue weighted by atomic mass is 10.1. The van der Waals surface area contributed by atoms with Gasteiger partial charge in [-0.25, -0.2) is 4.39 Å². The molecule has 1 heterocycles. The van der Waals surface area contributed by atoms with Gasteiger partial charge in [-0.1, -0.05) is 0 Å². The van der Waals surface area contributed by atoms with Gasteiger partial charge in [0.2, 0.25) is 5.91 Å². The van der Waals surface area contributed by atoms with Gasteiger partial charge < -0.3 is 15.1 Å². The minimum Gasteiger partial charge on any atom is -0.371 e. The molecule has 104 valence electrons. The molecule has 19 heavy (non-hydrogen) atoms. The minimum absolute atomic E-state index is 0.00479. The number of hydrogen-bond donors (Lipinski definition) is 1. The van der Waals surface area contributed by atoms with Crippen LogP contribution in [-0.4, -0.2) is 38.6 Å². The topological polar surface area (TPSA) is 35.6 Å². The number of amides is 1. The van der Waals surface area contributed by atoms with Gasteiger partial charge in [-0.3, -0.25) is 4.79 Å². The van der Waals surface area contributed by atoms with Crippen molar-refractivity contribution in [3.63, 3.8) is 0 Å². The van der Waals surface area contributed by atoms with E-state index in [1.54, 1.807) is 6.07 Å². The van der Waals surface area contributed by atoms with Gasteiger partial charge >= 0.3 is 0 Å². The second-order valence-corrected chi connectivity index (χ2v) is 5.20. The number of halogens is 1. The standard InChI is InChI=1S/C14H20FN3O/c1-10(2)16-14(19)9-18-7-6-17(3)13-8-11(15)4-5-12(13)18/h4-5,8,10H,6-7,9H2,1-3H3,(H,16,19). The molecule has 0 saturated carbocycles. The summed E-state index contributed by atoms with van der Waals surface area (Å²) >= 11 is 0. The van der Waals surface area contributed by atoms with Gasteiger partial charge in [0.05, 0.1) is 17.9 Å². The Kier molecular flexibility index (Phi) is 3.93. The van der Waals surface area contributed by atoms with Crippen LogP contribution in [0.25, 0.3) is 0 Å². The Morgan fingerprint density at radius 1 is 1.37 bits per heavy atom. The quantitative estimate of drug-likeness (QED) is 0.902. The van der Waals surface area contributed by atoms with E-state index < -0.39 is 0 Å². The van der Waals surface area contributed by atoms with E-state index in [0.29, 0.717) is 6.54 Å². The highest BCUT2D eigenvalue weighted by Crippen LogP contribution is 2.32. The Labute approximate surface area is 113 Å². The molecular formula is C14H20FN3O. The Morgan fingerprint density at radius 3 is 2.79 bits per heavy atom. The molecule has 1 N–H and O–H groups in total. The summed E-state index contributed by atoms with van der Waals surface area (Å²) in [6.45, 7) is 5.73. The number of nitrogens with zero attached hydrogens (tertiary/aromatic N) is 2. The third-order valence-electron chi connectivity index (χ3n) is 3.18. The Bertz CT molecular complexity index is 476. The lowest BCUT2D eigenvalue weighted by Crippen LogP contribution is -2.45. The van der Waals surface area contributed by atoms with E-state index in [9.17, 15) is 9.18 Å². The molecule has 1 aliphatic rings. The van der Waals surface area contributed by atoms with Crippen molar-refractivity contribution in [2.24, 2.45) is 0 Å². The van der Waals surface area contributed by atoms with E-state index in [0.717, 1.165) is 24.5 Å². The summed E-state index contributed by atoms with van der Waals surface area (Å²) in [6.07, 6.45) is 0. The zero-order chi connectivity index (χ0) is 14.0. The summed E-state index contributed by atoms with van der Waals surface area (Å²) in [5, 5.41) is 2.88. The highest BCUT2D eigenvalue weighted by molar-refractivity contribution is 5.84. The molecule has 1 amide bonds. The zero-order valence-electron chi connectivity index (χ0n) is 11.6. The van der Waals surface area contributed by atoms with Crippen molar-refractivity contribution in [1.82, 2.24) is 5.32 Å². The first-order chi connectivity index (χ1) is 8.97. The van der Waals surface area contributed by atoms with E-state index in [2.05, 4.69) is 5.32 Å². The number of nitrogens with one attached hydrogen (secondary N) is 1. The van der Waals surface area contributed by atoms with Crippen LogP contribution in [0.1, 0.15) is 13.8 Å². The van der Waals surface area contributed by atoms with Crippen molar-refractivity contribution >= 4 is 17.3 Å². The fraction of sp³-hybridized carbons (Fsp3) is 0.500. The lowest BCUT2D eigenvalue weighted by molar-refractivity contribution is -0.120. The molecule has 2 rings (SSSR count). The van der Waals surface area contributed by atoms with Crippen LogP contribution in [0.5, 0.6) is 0 Å². The molecule has 1 aliphatic heterocycles. The molecule has 0 aliphatic carbocycles. The van der Waals surface area contributed by atoms with Crippen LogP contribution >= 0.6 is 0 Å². The molecular weight excluding hydrogens is 245 g/mol. The number of carbonyl (C=O) groups excluding carboxylic acids is 1. The van der Waals surface area contributed by atoms with Crippen LogP contribution in [0.2, 0.25) is 0 Å². The molecule has 0 aromatic heterocycles. The van der Waals surface area contributed by atoms with Gasteiger partial charge in [0.15, 0.2) is 0 Å². The van der Waals surface area contributed by atoms with Crippen LogP contribution in [-0.2, 0) is 4.79 Å². The molecule has 1 aromatic carbocycles. The smallest absolute Gasteiger partial charge is 0.239 e. The van der Waals surface area contributed by atoms with Crippen molar-refractivity contribution in [3.8, 4) is 0 Å². The first-order valence-corrected chi connectivity index (χ1v) is 6.52. The average Bonchev–Trinajstić information content (AvgIpc) is 2.32. The molecule has 5 heteroatoms. The van der Waals surface area contributed by atoms with Gasteiger partial charge in [0.1, 0.15) is 5.82 Å². The Hall–Kier alpha value is -1.78. The van der Waals surface area contributed by atoms with Crippen molar-refractivity contribution in [2.75, 3.05) is 36.5 Å². The van der Waals surface area contributed by atoms with Gasteiger partial charge in [-0.05, 0) is 32.0 Å². The average molecular weight is 265 g/mol. The fourth-order valence-corrected chi connectivity index (χ4v) is 2.29. The molecule has 0 bridgehead atoms. The monoisotopic (exact) mass is 265 g/mol. The van der Waals surface area contributed by atoms with Crippen LogP contribution in [0.4, 0.5) is 15.8 Å². The second kappa shape index (κ2) is 5.47. The van der Waals surface area contributed by atoms with Crippen molar-refractivity contribution in [3.05, 3.63) is 24.0 Å². The lowest BCUT2D eigenvalue weighted by Gasteiger charge is -2.36. The Balaban J connectivity index is 2.17. The summed E-state index contributed by atoms with van der Waals surface area (Å²) in [6, 6.07) is 4.82. The van der Waals surface area contributed by atoms with E-state index in [-0.39, 0.29) is 17.8 Å². The number of anilines is 2. The Morgan fingerprint density at radius 2 is 2.11 bits per heavy atom. The fourth-order valence-electron chi connectivity index (χ4n) is 2.29. The molecule has 0 atom stereocenters. The normalized spacial score (nSPS) is 14.6. The van der Waals surface area contributed by atoms with Gasteiger partial charge in [0, 0.05) is 26.2 Å². The molecule has 4 nitrogen and oxygen atoms in total. The third kappa shape index (κ3) is 3.16. The van der Waals surface area contributed by atoms with E-state index in [1.165, 1.54) is 12.1 Å². The third-order valence-corrected chi connectivity index (χ3v) is 3.18. The molecule has 0 fully saturated rings. The molecule has 0 spiro atoms. The number of fused-ring (bicyclic) bond motifs is 1. The highest BCUT2D eigenvalue weighted by atomic mass is 19.1. The van der Waals surface area contributed by atoms with Gasteiger partial charge in [-0.2, -0.15) is 0 Å². The SMILES string of the molecule is CC(C)NC(=O)CN1CCN(C)c2cc(F)ccc21. The maximum atomic E-state index is 13.3. The van der Waals surface area contributed by atoms with Gasteiger partial charge in [-0.15, -0.1) is 0 Å². The van der Waals surface area contributed by atoms with Crippen molar-refractivity contribution in [2.45, 2.75) is 19.9 Å². The summed E-state index contributed by atoms with van der Waals surface area (Å²) in [4.78, 5) is 15.8. The number of hydrogen-bond acceptors (Lipinski definition) is 3. The largest absolute Gasteiger partial charge is 0.371 e. The van der Waals surface area contributed by atoms with Crippen molar-refractivity contribution in [1.29, 1.82) is 0 Å². The van der Waals surface area contributed by atoms with Gasteiger partial charge in [0.25, 0.3) is 0 Å². The number of likely N-dealkylation sites (N-methyl/N-ethyl adjacent to an activating group) is 1. The summed E-state index contributed by atoms with van der Waals surface area (Å²) < 4.78 is 13.3. The number of benzene rings is 1. The summed E-state index contributed by atoms with van der Waals surface area (Å²) in [7, 11) is 1.93. The molecule has 1 aromatic rings. The van der Waals surface area contributed by atoms with Crippen LogP contribution in [0, 0.1) is 5.82 Å². The first kappa shape index (κ1) is 13.6. The summed E-state index contributed by atoms with van der Waals surface area (Å²) in [5.74, 6) is -0.256.